The highest BCUT2D eigenvalue weighted by Gasteiger charge is 2.18. The summed E-state index contributed by atoms with van der Waals surface area (Å²) in [5, 5.41) is 10.1. The average molecular weight is 313 g/mol. The summed E-state index contributed by atoms with van der Waals surface area (Å²) < 4.78 is 27.2. The van der Waals surface area contributed by atoms with Gasteiger partial charge in [0, 0.05) is 10.0 Å². The van der Waals surface area contributed by atoms with Gasteiger partial charge in [0.2, 0.25) is 0 Å². The van der Waals surface area contributed by atoms with Gasteiger partial charge in [0.25, 0.3) is 0 Å². The third-order valence-electron chi connectivity index (χ3n) is 2.68. The second-order valence-corrected chi connectivity index (χ2v) is 4.95. The molecule has 0 saturated heterocycles. The molecule has 0 aromatic heterocycles. The zero-order valence-corrected chi connectivity index (χ0v) is 11.2. The van der Waals surface area contributed by atoms with E-state index in [0.29, 0.717) is 10.0 Å². The summed E-state index contributed by atoms with van der Waals surface area (Å²) >= 11 is 3.24. The van der Waals surface area contributed by atoms with Crippen molar-refractivity contribution in [2.24, 2.45) is 0 Å². The summed E-state index contributed by atoms with van der Waals surface area (Å²) in [7, 11) is 0. The van der Waals surface area contributed by atoms with Gasteiger partial charge in [0.05, 0.1) is 0 Å². The smallest absolute Gasteiger partial charge is 0.130 e. The lowest BCUT2D eigenvalue weighted by molar-refractivity contribution is 0.214. The normalized spacial score (nSPS) is 12.5. The van der Waals surface area contributed by atoms with Crippen LogP contribution in [0.1, 0.15) is 22.8 Å². The first-order valence-electron chi connectivity index (χ1n) is 5.38. The molecule has 0 aliphatic heterocycles. The summed E-state index contributed by atoms with van der Waals surface area (Å²) in [6.45, 7) is 1.77. The molecule has 1 nitrogen and oxygen atoms in total. The van der Waals surface area contributed by atoms with Gasteiger partial charge in [-0.15, -0.1) is 0 Å². The van der Waals surface area contributed by atoms with Crippen LogP contribution in [0, 0.1) is 18.6 Å². The molecule has 0 radical (unpaired) electrons. The zero-order valence-electron chi connectivity index (χ0n) is 9.62. The molecule has 0 aliphatic rings. The van der Waals surface area contributed by atoms with E-state index in [1.165, 1.54) is 30.3 Å². The maximum Gasteiger partial charge on any atom is 0.130 e. The van der Waals surface area contributed by atoms with E-state index in [1.54, 1.807) is 13.0 Å². The quantitative estimate of drug-likeness (QED) is 0.884. The molecule has 0 aliphatic carbocycles. The van der Waals surface area contributed by atoms with Crippen molar-refractivity contribution in [2.45, 2.75) is 13.0 Å². The van der Waals surface area contributed by atoms with Crippen molar-refractivity contribution in [3.8, 4) is 0 Å². The van der Waals surface area contributed by atoms with Crippen molar-refractivity contribution in [2.75, 3.05) is 0 Å². The van der Waals surface area contributed by atoms with E-state index < -0.39 is 17.7 Å². The molecule has 1 unspecified atom stereocenters. The fraction of sp³-hybridized carbons (Fsp3) is 0.143. The monoisotopic (exact) mass is 312 g/mol. The van der Waals surface area contributed by atoms with Gasteiger partial charge in [0.1, 0.15) is 17.7 Å². The second kappa shape index (κ2) is 5.16. The van der Waals surface area contributed by atoms with Crippen LogP contribution in [0.5, 0.6) is 0 Å². The zero-order chi connectivity index (χ0) is 13.3. The Bertz CT molecular complexity index is 544. The highest BCUT2D eigenvalue weighted by Crippen LogP contribution is 2.31. The summed E-state index contributed by atoms with van der Waals surface area (Å²) in [5.41, 5.74) is 1.36. The third-order valence-corrected chi connectivity index (χ3v) is 3.34. The van der Waals surface area contributed by atoms with Crippen LogP contribution in [0.3, 0.4) is 0 Å². The molecule has 2 aromatic carbocycles. The predicted octanol–water partition coefficient (Wildman–Crippen LogP) is 4.12. The number of hydrogen-bond donors (Lipinski definition) is 1. The Hall–Kier alpha value is -1.26. The van der Waals surface area contributed by atoms with Gasteiger partial charge in [0.15, 0.2) is 0 Å². The minimum Gasteiger partial charge on any atom is -0.384 e. The topological polar surface area (TPSA) is 20.2 Å². The Morgan fingerprint density at radius 1 is 1.11 bits per heavy atom. The summed E-state index contributed by atoms with van der Waals surface area (Å²) in [6, 6.07) is 8.42. The van der Waals surface area contributed by atoms with Crippen molar-refractivity contribution in [3.63, 3.8) is 0 Å². The van der Waals surface area contributed by atoms with Crippen molar-refractivity contribution < 1.29 is 13.9 Å². The number of hydrogen-bond acceptors (Lipinski definition) is 1. The molecule has 0 fully saturated rings. The molecule has 0 amide bonds. The molecule has 1 N–H and O–H groups in total. The predicted molar refractivity (Wildman–Crippen MR) is 69.3 cm³/mol. The molecule has 1 atom stereocenters. The van der Waals surface area contributed by atoms with Crippen LogP contribution in [0.15, 0.2) is 40.9 Å². The van der Waals surface area contributed by atoms with E-state index >= 15 is 0 Å². The molecular weight excluding hydrogens is 302 g/mol. The summed E-state index contributed by atoms with van der Waals surface area (Å²) in [6.07, 6.45) is -1.12. The van der Waals surface area contributed by atoms with Crippen LogP contribution in [-0.2, 0) is 0 Å². The lowest BCUT2D eigenvalue weighted by Crippen LogP contribution is -2.04. The van der Waals surface area contributed by atoms with Gasteiger partial charge in [-0.1, -0.05) is 28.1 Å². The van der Waals surface area contributed by atoms with Crippen molar-refractivity contribution in [1.29, 1.82) is 0 Å². The summed E-state index contributed by atoms with van der Waals surface area (Å²) in [5.74, 6) is -0.881. The first-order chi connectivity index (χ1) is 8.49. The van der Waals surface area contributed by atoms with Crippen molar-refractivity contribution >= 4 is 15.9 Å². The number of benzene rings is 2. The largest absolute Gasteiger partial charge is 0.384 e. The van der Waals surface area contributed by atoms with Crippen molar-refractivity contribution in [1.82, 2.24) is 0 Å². The molecule has 0 saturated carbocycles. The Morgan fingerprint density at radius 2 is 1.72 bits per heavy atom. The SMILES string of the molecule is Cc1cc(F)c(C(O)c2ccc(F)cc2)c(Br)c1. The lowest BCUT2D eigenvalue weighted by Gasteiger charge is -2.15. The van der Waals surface area contributed by atoms with Gasteiger partial charge in [-0.3, -0.25) is 0 Å². The molecule has 18 heavy (non-hydrogen) atoms. The van der Waals surface area contributed by atoms with E-state index in [9.17, 15) is 13.9 Å². The number of aliphatic hydroxyl groups excluding tert-OH is 1. The molecule has 0 heterocycles. The van der Waals surface area contributed by atoms with Gasteiger partial charge in [-0.25, -0.2) is 8.78 Å². The van der Waals surface area contributed by atoms with Crippen LogP contribution >= 0.6 is 15.9 Å². The van der Waals surface area contributed by atoms with E-state index in [0.717, 1.165) is 5.56 Å². The molecule has 2 aromatic rings. The minimum atomic E-state index is -1.12. The van der Waals surface area contributed by atoms with Gasteiger partial charge in [-0.2, -0.15) is 0 Å². The Kier molecular flexibility index (Phi) is 3.78. The van der Waals surface area contributed by atoms with Crippen LogP contribution in [0.4, 0.5) is 8.78 Å². The fourth-order valence-electron chi connectivity index (χ4n) is 1.78. The third kappa shape index (κ3) is 2.60. The van der Waals surface area contributed by atoms with Crippen LogP contribution in [0.2, 0.25) is 0 Å². The maximum atomic E-state index is 13.9. The summed E-state index contributed by atoms with van der Waals surface area (Å²) in [4.78, 5) is 0. The van der Waals surface area contributed by atoms with Gasteiger partial charge >= 0.3 is 0 Å². The molecule has 2 rings (SSSR count). The lowest BCUT2D eigenvalue weighted by atomic mass is 10.00. The van der Waals surface area contributed by atoms with E-state index in [-0.39, 0.29) is 5.56 Å². The Balaban J connectivity index is 2.46. The average Bonchev–Trinajstić information content (AvgIpc) is 2.28. The van der Waals surface area contributed by atoms with E-state index in [1.807, 2.05) is 0 Å². The molecule has 94 valence electrons. The van der Waals surface area contributed by atoms with Crippen molar-refractivity contribution in [3.05, 3.63) is 69.2 Å². The highest BCUT2D eigenvalue weighted by molar-refractivity contribution is 9.10. The van der Waals surface area contributed by atoms with Crippen LogP contribution in [0.25, 0.3) is 0 Å². The van der Waals surface area contributed by atoms with Crippen LogP contribution < -0.4 is 0 Å². The Morgan fingerprint density at radius 3 is 2.28 bits per heavy atom. The minimum absolute atomic E-state index is 0.159. The number of rotatable bonds is 2. The fourth-order valence-corrected chi connectivity index (χ4v) is 2.55. The maximum absolute atomic E-state index is 13.9. The second-order valence-electron chi connectivity index (χ2n) is 4.10. The molecule has 0 bridgehead atoms. The first kappa shape index (κ1) is 13.2. The van der Waals surface area contributed by atoms with E-state index in [2.05, 4.69) is 15.9 Å². The Labute approximate surface area is 112 Å². The van der Waals surface area contributed by atoms with E-state index in [4.69, 9.17) is 0 Å². The molecule has 4 heteroatoms. The first-order valence-corrected chi connectivity index (χ1v) is 6.17. The highest BCUT2D eigenvalue weighted by atomic mass is 79.9. The van der Waals surface area contributed by atoms with Crippen LogP contribution in [-0.4, -0.2) is 5.11 Å². The van der Waals surface area contributed by atoms with Gasteiger partial charge in [-0.05, 0) is 42.3 Å². The molecule has 0 spiro atoms. The number of aliphatic hydroxyl groups is 1. The molecular formula is C14H11BrF2O. The standard InChI is InChI=1S/C14H11BrF2O/c1-8-6-11(15)13(12(17)7-8)14(18)9-2-4-10(16)5-3-9/h2-7,14,18H,1H3. The van der Waals surface area contributed by atoms with Gasteiger partial charge < -0.3 is 5.11 Å². The number of aryl methyl sites for hydroxylation is 1. The number of halogens is 3.